The quantitative estimate of drug-likeness (QED) is 0.582. The van der Waals surface area contributed by atoms with Gasteiger partial charge in [-0.05, 0) is 43.9 Å². The van der Waals surface area contributed by atoms with Crippen molar-refractivity contribution in [2.75, 3.05) is 0 Å². The van der Waals surface area contributed by atoms with Crippen LogP contribution in [0.5, 0.6) is 0 Å². The molecule has 0 aromatic heterocycles. The normalized spacial score (nSPS) is 45.7. The van der Waals surface area contributed by atoms with Crippen molar-refractivity contribution >= 4 is 0 Å². The highest BCUT2D eigenvalue weighted by Gasteiger charge is 2.47. The van der Waals surface area contributed by atoms with Gasteiger partial charge in [-0.25, -0.2) is 0 Å². The molecule has 66 valence electrons. The lowest BCUT2D eigenvalue weighted by Crippen LogP contribution is -2.40. The number of nitriles is 1. The fraction of sp³-hybridized carbons (Fsp3) is 0.909. The smallest absolute Gasteiger partial charge is 0.0689 e. The molecule has 3 saturated carbocycles. The molecule has 1 heteroatoms. The van der Waals surface area contributed by atoms with Gasteiger partial charge in [0.25, 0.3) is 0 Å². The summed E-state index contributed by atoms with van der Waals surface area (Å²) in [6.07, 6.45) is 8.81. The van der Waals surface area contributed by atoms with Crippen LogP contribution >= 0.6 is 0 Å². The predicted molar refractivity (Wildman–Crippen MR) is 48.5 cm³/mol. The number of fused-ring (bicyclic) bond motifs is 3. The molecular formula is C11H17N. The second-order valence-corrected chi connectivity index (χ2v) is 4.75. The van der Waals surface area contributed by atoms with Gasteiger partial charge in [-0.3, -0.25) is 0 Å². The van der Waals surface area contributed by atoms with E-state index >= 15 is 0 Å². The number of rotatable bonds is 1. The second-order valence-electron chi connectivity index (χ2n) is 4.75. The molecule has 0 amide bonds. The van der Waals surface area contributed by atoms with Crippen molar-refractivity contribution in [2.45, 2.75) is 51.9 Å². The summed E-state index contributed by atoms with van der Waals surface area (Å²) >= 11 is 0. The third kappa shape index (κ3) is 0.975. The van der Waals surface area contributed by atoms with Crippen molar-refractivity contribution in [2.24, 2.45) is 10.8 Å². The maximum absolute atomic E-state index is 9.07. The van der Waals surface area contributed by atoms with E-state index in [9.17, 15) is 0 Å². The van der Waals surface area contributed by atoms with E-state index in [1.807, 2.05) is 0 Å². The molecule has 3 aliphatic rings. The summed E-state index contributed by atoms with van der Waals surface area (Å²) in [5.74, 6) is 0. The van der Waals surface area contributed by atoms with Gasteiger partial charge in [0.15, 0.2) is 0 Å². The summed E-state index contributed by atoms with van der Waals surface area (Å²) in [6, 6.07) is 2.55. The SMILES string of the molecule is CCC12CCC(C#N)(CC1)CC2. The zero-order chi connectivity index (χ0) is 8.66. The van der Waals surface area contributed by atoms with Gasteiger partial charge in [0.1, 0.15) is 0 Å². The third-order valence-corrected chi connectivity index (χ3v) is 4.39. The molecule has 12 heavy (non-hydrogen) atoms. The number of hydrogen-bond donors (Lipinski definition) is 0. The fourth-order valence-corrected chi connectivity index (χ4v) is 2.96. The van der Waals surface area contributed by atoms with Gasteiger partial charge in [-0.2, -0.15) is 5.26 Å². The minimum absolute atomic E-state index is 0.108. The van der Waals surface area contributed by atoms with Gasteiger partial charge < -0.3 is 0 Å². The van der Waals surface area contributed by atoms with Gasteiger partial charge in [-0.15, -0.1) is 0 Å². The maximum atomic E-state index is 9.07. The first-order chi connectivity index (χ1) is 5.74. The van der Waals surface area contributed by atoms with Crippen LogP contribution in [0.15, 0.2) is 0 Å². The Labute approximate surface area is 74.8 Å². The van der Waals surface area contributed by atoms with Crippen molar-refractivity contribution in [1.82, 2.24) is 0 Å². The average Bonchev–Trinajstić information content (AvgIpc) is 2.21. The molecule has 0 N–H and O–H groups in total. The Kier molecular flexibility index (Phi) is 1.68. The Morgan fingerprint density at radius 3 is 1.92 bits per heavy atom. The summed E-state index contributed by atoms with van der Waals surface area (Å²) in [5, 5.41) is 9.07. The lowest BCUT2D eigenvalue weighted by Gasteiger charge is -2.50. The van der Waals surface area contributed by atoms with E-state index in [1.54, 1.807) is 0 Å². The lowest BCUT2D eigenvalue weighted by molar-refractivity contribution is 0.0232. The van der Waals surface area contributed by atoms with Crippen molar-refractivity contribution < 1.29 is 0 Å². The van der Waals surface area contributed by atoms with E-state index in [1.165, 1.54) is 44.9 Å². The highest BCUT2D eigenvalue weighted by atomic mass is 14.5. The van der Waals surface area contributed by atoms with Crippen LogP contribution in [0.3, 0.4) is 0 Å². The van der Waals surface area contributed by atoms with E-state index in [0.717, 1.165) is 0 Å². The molecule has 3 fully saturated rings. The summed E-state index contributed by atoms with van der Waals surface area (Å²) in [5.41, 5.74) is 0.759. The maximum Gasteiger partial charge on any atom is 0.0689 e. The first kappa shape index (κ1) is 8.10. The van der Waals surface area contributed by atoms with Gasteiger partial charge in [0, 0.05) is 0 Å². The lowest BCUT2D eigenvalue weighted by atomic mass is 9.53. The summed E-state index contributed by atoms with van der Waals surface area (Å²) in [6.45, 7) is 2.31. The Hall–Kier alpha value is -0.510. The minimum atomic E-state index is 0.108. The Balaban J connectivity index is 2.15. The highest BCUT2D eigenvalue weighted by Crippen LogP contribution is 2.57. The molecule has 3 rings (SSSR count). The first-order valence-electron chi connectivity index (χ1n) is 5.16. The largest absolute Gasteiger partial charge is 0.198 e. The molecule has 0 atom stereocenters. The van der Waals surface area contributed by atoms with Gasteiger partial charge in [0.2, 0.25) is 0 Å². The molecule has 0 radical (unpaired) electrons. The van der Waals surface area contributed by atoms with Crippen LogP contribution in [-0.4, -0.2) is 0 Å². The topological polar surface area (TPSA) is 23.8 Å². The zero-order valence-corrected chi connectivity index (χ0v) is 7.90. The van der Waals surface area contributed by atoms with E-state index in [2.05, 4.69) is 13.0 Å². The zero-order valence-electron chi connectivity index (χ0n) is 7.90. The molecule has 0 saturated heterocycles. The van der Waals surface area contributed by atoms with Crippen LogP contribution in [0, 0.1) is 22.2 Å². The Morgan fingerprint density at radius 2 is 1.58 bits per heavy atom. The number of nitrogens with zero attached hydrogens (tertiary/aromatic N) is 1. The molecule has 1 nitrogen and oxygen atoms in total. The van der Waals surface area contributed by atoms with Crippen LogP contribution in [0.25, 0.3) is 0 Å². The summed E-state index contributed by atoms with van der Waals surface area (Å²) in [4.78, 5) is 0. The standard InChI is InChI=1S/C11H17N/c1-2-10-3-6-11(9-12,7-4-10)8-5-10/h2-8H2,1H3. The third-order valence-electron chi connectivity index (χ3n) is 4.39. The molecule has 0 aromatic rings. The summed E-state index contributed by atoms with van der Waals surface area (Å²) in [7, 11) is 0. The van der Waals surface area contributed by atoms with Gasteiger partial charge >= 0.3 is 0 Å². The van der Waals surface area contributed by atoms with Crippen LogP contribution in [0.4, 0.5) is 0 Å². The molecule has 2 bridgehead atoms. The predicted octanol–water partition coefficient (Wildman–Crippen LogP) is 3.26. The molecule has 0 aliphatic heterocycles. The Bertz CT molecular complexity index is 199. The second kappa shape index (κ2) is 2.49. The highest BCUT2D eigenvalue weighted by molar-refractivity contribution is 5.08. The van der Waals surface area contributed by atoms with E-state index in [4.69, 9.17) is 5.26 Å². The van der Waals surface area contributed by atoms with Crippen molar-refractivity contribution in [3.63, 3.8) is 0 Å². The van der Waals surface area contributed by atoms with Crippen molar-refractivity contribution in [3.05, 3.63) is 0 Å². The van der Waals surface area contributed by atoms with Gasteiger partial charge in [-0.1, -0.05) is 13.3 Å². The number of hydrogen-bond acceptors (Lipinski definition) is 1. The molecule has 0 aromatic carbocycles. The summed E-state index contributed by atoms with van der Waals surface area (Å²) < 4.78 is 0. The average molecular weight is 163 g/mol. The van der Waals surface area contributed by atoms with Crippen LogP contribution < -0.4 is 0 Å². The Morgan fingerprint density at radius 1 is 1.08 bits per heavy atom. The molecular weight excluding hydrogens is 146 g/mol. The van der Waals surface area contributed by atoms with Gasteiger partial charge in [0.05, 0.1) is 11.5 Å². The van der Waals surface area contributed by atoms with E-state index in [-0.39, 0.29) is 5.41 Å². The van der Waals surface area contributed by atoms with E-state index < -0.39 is 0 Å². The monoisotopic (exact) mass is 163 g/mol. The molecule has 0 spiro atoms. The van der Waals surface area contributed by atoms with Crippen LogP contribution in [0.1, 0.15) is 51.9 Å². The molecule has 0 heterocycles. The van der Waals surface area contributed by atoms with Crippen LogP contribution in [0.2, 0.25) is 0 Å². The molecule has 3 aliphatic carbocycles. The van der Waals surface area contributed by atoms with E-state index in [0.29, 0.717) is 5.41 Å². The van der Waals surface area contributed by atoms with Crippen molar-refractivity contribution in [3.8, 4) is 6.07 Å². The van der Waals surface area contributed by atoms with Crippen LogP contribution in [-0.2, 0) is 0 Å². The first-order valence-corrected chi connectivity index (χ1v) is 5.16. The minimum Gasteiger partial charge on any atom is -0.198 e. The fourth-order valence-electron chi connectivity index (χ4n) is 2.96. The van der Waals surface area contributed by atoms with Crippen molar-refractivity contribution in [1.29, 1.82) is 5.26 Å². The molecule has 0 unspecified atom stereocenters.